The van der Waals surface area contributed by atoms with Crippen LogP contribution in [0.1, 0.15) is 11.8 Å². The van der Waals surface area contributed by atoms with Crippen molar-refractivity contribution in [3.63, 3.8) is 0 Å². The van der Waals surface area contributed by atoms with Crippen LogP contribution in [0.3, 0.4) is 0 Å². The van der Waals surface area contributed by atoms with Crippen molar-refractivity contribution in [2.75, 3.05) is 19.8 Å². The summed E-state index contributed by atoms with van der Waals surface area (Å²) in [7, 11) is 3.90. The van der Waals surface area contributed by atoms with Gasteiger partial charge in [-0.05, 0) is 29.7 Å². The molecule has 0 radical (unpaired) electrons. The van der Waals surface area contributed by atoms with Gasteiger partial charge >= 0.3 is 0 Å². The van der Waals surface area contributed by atoms with E-state index in [1.165, 1.54) is 0 Å². The minimum absolute atomic E-state index is 0.115. The van der Waals surface area contributed by atoms with Crippen LogP contribution in [0.4, 0.5) is 0 Å². The Labute approximate surface area is 110 Å². The van der Waals surface area contributed by atoms with Crippen LogP contribution in [0.2, 0.25) is 5.02 Å². The van der Waals surface area contributed by atoms with Crippen LogP contribution in [0.5, 0.6) is 0 Å². The minimum Gasteiger partial charge on any atom is -0.337 e. The first-order valence-electron chi connectivity index (χ1n) is 5.26. The minimum atomic E-state index is -0.130. The molecule has 94 valence electrons. The summed E-state index contributed by atoms with van der Waals surface area (Å²) >= 11 is 6.65. The Kier molecular flexibility index (Phi) is 4.30. The van der Waals surface area contributed by atoms with Crippen LogP contribution in [-0.4, -0.2) is 40.6 Å². The third kappa shape index (κ3) is 2.76. The fourth-order valence-electron chi connectivity index (χ4n) is 1.83. The fourth-order valence-corrected chi connectivity index (χ4v) is 2.37. The van der Waals surface area contributed by atoms with E-state index >= 15 is 0 Å². The zero-order valence-electron chi connectivity index (χ0n) is 9.71. The molecule has 1 heterocycles. The molecule has 1 aromatic carbocycles. The van der Waals surface area contributed by atoms with Gasteiger partial charge in [0.15, 0.2) is 6.23 Å². The first-order chi connectivity index (χ1) is 8.13. The second-order valence-corrected chi connectivity index (χ2v) is 4.97. The second kappa shape index (κ2) is 5.56. The molecule has 4 nitrogen and oxygen atoms in total. The molecule has 0 aromatic heterocycles. The number of nitrogens with zero attached hydrogens (tertiary/aromatic N) is 2. The van der Waals surface area contributed by atoms with Crippen molar-refractivity contribution in [2.45, 2.75) is 12.5 Å². The van der Waals surface area contributed by atoms with Gasteiger partial charge in [0.1, 0.15) is 6.23 Å². The van der Waals surface area contributed by atoms with E-state index in [4.69, 9.17) is 20.9 Å². The molecule has 0 aliphatic carbocycles. The predicted octanol–water partition coefficient (Wildman–Crippen LogP) is 2.68. The summed E-state index contributed by atoms with van der Waals surface area (Å²) in [4.78, 5) is 0. The summed E-state index contributed by atoms with van der Waals surface area (Å²) in [6.07, 6.45) is -0.245. The van der Waals surface area contributed by atoms with Gasteiger partial charge < -0.3 is 9.29 Å². The van der Waals surface area contributed by atoms with Gasteiger partial charge in [-0.25, -0.2) is 10.0 Å². The Hall–Kier alpha value is -0.300. The van der Waals surface area contributed by atoms with Gasteiger partial charge in [-0.2, -0.15) is 0 Å². The van der Waals surface area contributed by atoms with Crippen LogP contribution in [0.25, 0.3) is 0 Å². The van der Waals surface area contributed by atoms with Crippen molar-refractivity contribution < 1.29 is 9.29 Å². The highest BCUT2D eigenvalue weighted by atomic mass is 35.5. The zero-order valence-corrected chi connectivity index (χ0v) is 11.3. The highest BCUT2D eigenvalue weighted by Gasteiger charge is 2.36. The number of hydrogen-bond acceptors (Lipinski definition) is 5. The van der Waals surface area contributed by atoms with Crippen molar-refractivity contribution in [3.8, 4) is 0 Å². The first-order valence-corrected chi connectivity index (χ1v) is 6.58. The standard InChI is InChI=1S/C11H15ClN2O2S/c1-13-10(7-17-15)16-11(14(13)2)8-3-5-9(12)6-4-8/h3-6,10-11,15H,7H2,1-2H3. The van der Waals surface area contributed by atoms with E-state index in [1.807, 2.05) is 48.4 Å². The van der Waals surface area contributed by atoms with E-state index in [0.29, 0.717) is 10.8 Å². The van der Waals surface area contributed by atoms with E-state index < -0.39 is 0 Å². The molecule has 1 fully saturated rings. The van der Waals surface area contributed by atoms with Gasteiger partial charge in [-0.1, -0.05) is 23.7 Å². The summed E-state index contributed by atoms with van der Waals surface area (Å²) in [6.45, 7) is 0. The smallest absolute Gasteiger partial charge is 0.151 e. The van der Waals surface area contributed by atoms with Crippen LogP contribution in [0.15, 0.2) is 24.3 Å². The van der Waals surface area contributed by atoms with Crippen molar-refractivity contribution in [2.24, 2.45) is 0 Å². The Morgan fingerprint density at radius 3 is 2.53 bits per heavy atom. The van der Waals surface area contributed by atoms with Gasteiger partial charge in [-0.15, -0.1) is 0 Å². The Balaban J connectivity index is 2.14. The van der Waals surface area contributed by atoms with E-state index in [9.17, 15) is 0 Å². The molecule has 0 saturated carbocycles. The largest absolute Gasteiger partial charge is 0.337 e. The van der Waals surface area contributed by atoms with Gasteiger partial charge in [-0.3, -0.25) is 0 Å². The lowest BCUT2D eigenvalue weighted by atomic mass is 10.2. The van der Waals surface area contributed by atoms with E-state index in [1.54, 1.807) is 0 Å². The zero-order chi connectivity index (χ0) is 12.4. The highest BCUT2D eigenvalue weighted by molar-refractivity contribution is 7.93. The molecular weight excluding hydrogens is 260 g/mol. The molecule has 6 heteroatoms. The average molecular weight is 275 g/mol. The first kappa shape index (κ1) is 13.1. The molecule has 17 heavy (non-hydrogen) atoms. The van der Waals surface area contributed by atoms with Crippen LogP contribution >= 0.6 is 23.6 Å². The molecule has 1 saturated heterocycles. The summed E-state index contributed by atoms with van der Waals surface area (Å²) < 4.78 is 14.8. The number of hydrazine groups is 1. The molecule has 2 unspecified atom stereocenters. The van der Waals surface area contributed by atoms with Crippen LogP contribution < -0.4 is 0 Å². The molecule has 0 spiro atoms. The maximum Gasteiger partial charge on any atom is 0.151 e. The number of benzene rings is 1. The third-order valence-electron chi connectivity index (χ3n) is 2.91. The number of rotatable bonds is 3. The van der Waals surface area contributed by atoms with Crippen LogP contribution in [0, 0.1) is 0 Å². The quantitative estimate of drug-likeness (QED) is 0.858. The summed E-state index contributed by atoms with van der Waals surface area (Å²) in [5, 5.41) is 4.69. The molecule has 2 rings (SSSR count). The average Bonchev–Trinajstić information content (AvgIpc) is 2.59. The van der Waals surface area contributed by atoms with E-state index in [2.05, 4.69) is 0 Å². The van der Waals surface area contributed by atoms with Crippen LogP contribution in [-0.2, 0) is 4.74 Å². The Bertz CT molecular complexity index is 376. The van der Waals surface area contributed by atoms with Crippen molar-refractivity contribution in [3.05, 3.63) is 34.9 Å². The molecule has 2 atom stereocenters. The molecule has 1 aromatic rings. The number of ether oxygens (including phenoxy) is 1. The molecule has 1 N–H and O–H groups in total. The number of halogens is 1. The van der Waals surface area contributed by atoms with Crippen molar-refractivity contribution in [1.29, 1.82) is 0 Å². The van der Waals surface area contributed by atoms with Crippen molar-refractivity contribution >= 4 is 23.6 Å². The lowest BCUT2D eigenvalue weighted by Crippen LogP contribution is -2.36. The topological polar surface area (TPSA) is 35.9 Å². The lowest BCUT2D eigenvalue weighted by Gasteiger charge is -2.23. The molecule has 1 aliphatic heterocycles. The maximum absolute atomic E-state index is 8.90. The van der Waals surface area contributed by atoms with Gasteiger partial charge in [0.05, 0.1) is 5.75 Å². The maximum atomic E-state index is 8.90. The fraction of sp³-hybridized carbons (Fsp3) is 0.455. The number of hydrogen-bond donors (Lipinski definition) is 1. The van der Waals surface area contributed by atoms with Gasteiger partial charge in [0.2, 0.25) is 0 Å². The van der Waals surface area contributed by atoms with E-state index in [0.717, 1.165) is 17.6 Å². The second-order valence-electron chi connectivity index (χ2n) is 3.94. The van der Waals surface area contributed by atoms with Gasteiger partial charge in [0.25, 0.3) is 0 Å². The normalized spacial score (nSPS) is 26.6. The molecule has 1 aliphatic rings. The Morgan fingerprint density at radius 1 is 1.29 bits per heavy atom. The molecular formula is C11H15ClN2O2S. The third-order valence-corrected chi connectivity index (χ3v) is 3.60. The molecule has 0 bridgehead atoms. The van der Waals surface area contributed by atoms with E-state index in [-0.39, 0.29) is 12.5 Å². The summed E-state index contributed by atoms with van der Waals surface area (Å²) in [6, 6.07) is 7.60. The highest BCUT2D eigenvalue weighted by Crippen LogP contribution is 2.32. The lowest BCUT2D eigenvalue weighted by molar-refractivity contribution is 0.0135. The van der Waals surface area contributed by atoms with Crippen molar-refractivity contribution in [1.82, 2.24) is 10.0 Å². The molecule has 0 amide bonds. The summed E-state index contributed by atoms with van der Waals surface area (Å²) in [5.74, 6) is 0.519. The Morgan fingerprint density at radius 2 is 1.94 bits per heavy atom. The van der Waals surface area contributed by atoms with Gasteiger partial charge in [0, 0.05) is 19.1 Å². The predicted molar refractivity (Wildman–Crippen MR) is 69.7 cm³/mol. The summed E-state index contributed by atoms with van der Waals surface area (Å²) in [5.41, 5.74) is 1.05. The monoisotopic (exact) mass is 274 g/mol. The SMILES string of the molecule is CN1C(CSO)OC(c2ccc(Cl)cc2)N1C.